The van der Waals surface area contributed by atoms with Crippen molar-refractivity contribution in [3.8, 4) is 0 Å². The molecular formula is C36H48NS+. The second-order valence-electron chi connectivity index (χ2n) is 10.6. The molecule has 0 N–H and O–H groups in total. The molecule has 0 aliphatic heterocycles. The minimum Gasteiger partial charge on any atom is -0.238 e. The van der Waals surface area contributed by atoms with Crippen molar-refractivity contribution in [2.75, 3.05) is 0 Å². The van der Waals surface area contributed by atoms with Crippen molar-refractivity contribution >= 4 is 16.6 Å². The van der Waals surface area contributed by atoms with Crippen molar-refractivity contribution in [3.05, 3.63) is 95.3 Å². The van der Waals surface area contributed by atoms with E-state index < -0.39 is 0 Å². The zero-order chi connectivity index (χ0) is 26.8. The Hall–Kier alpha value is -2.50. The molecule has 0 aliphatic rings. The molecule has 1 unspecified atom stereocenters. The summed E-state index contributed by atoms with van der Waals surface area (Å²) < 4.78 is 0. The van der Waals surface area contributed by atoms with E-state index in [1.807, 2.05) is 12.1 Å². The van der Waals surface area contributed by atoms with Crippen molar-refractivity contribution < 1.29 is 0 Å². The quantitative estimate of drug-likeness (QED) is 0.0881. The summed E-state index contributed by atoms with van der Waals surface area (Å²) in [5.41, 5.74) is 3.59. The van der Waals surface area contributed by atoms with Gasteiger partial charge in [0.05, 0.1) is 17.5 Å². The molecule has 3 aromatic rings. The molecule has 3 rings (SSSR count). The first kappa shape index (κ1) is 30.0. The van der Waals surface area contributed by atoms with Gasteiger partial charge >= 0.3 is 0 Å². The highest BCUT2D eigenvalue weighted by Crippen LogP contribution is 2.33. The van der Waals surface area contributed by atoms with Crippen LogP contribution >= 0.6 is 0 Å². The summed E-state index contributed by atoms with van der Waals surface area (Å²) in [4.78, 5) is 7.57. The first-order valence-corrected chi connectivity index (χ1v) is 16.4. The van der Waals surface area contributed by atoms with Crippen LogP contribution in [-0.2, 0) is 23.7 Å². The highest BCUT2D eigenvalue weighted by molar-refractivity contribution is 7.97. The molecule has 0 aliphatic carbocycles. The van der Waals surface area contributed by atoms with Gasteiger partial charge in [-0.05, 0) is 73.2 Å². The van der Waals surface area contributed by atoms with E-state index in [2.05, 4.69) is 79.4 Å². The van der Waals surface area contributed by atoms with Crippen LogP contribution in [0.1, 0.15) is 108 Å². The molecule has 0 radical (unpaired) electrons. The first-order chi connectivity index (χ1) is 18.7. The summed E-state index contributed by atoms with van der Waals surface area (Å²) in [7, 11) is -0.166. The minimum atomic E-state index is -0.166. The topological polar surface area (TPSA) is 4.36 Å². The van der Waals surface area contributed by atoms with Gasteiger partial charge in [-0.3, -0.25) is 0 Å². The van der Waals surface area contributed by atoms with Crippen LogP contribution in [0, 0.1) is 6.57 Å². The van der Waals surface area contributed by atoms with Gasteiger partial charge < -0.3 is 0 Å². The molecular weight excluding hydrogens is 478 g/mol. The molecule has 0 saturated carbocycles. The third-order valence-corrected chi connectivity index (χ3v) is 9.64. The summed E-state index contributed by atoms with van der Waals surface area (Å²) in [6, 6.07) is 26.9. The lowest BCUT2D eigenvalue weighted by atomic mass is 10.0. The molecule has 1 atom stereocenters. The standard InChI is InChI=1S/C36H48NS/c1-4-6-8-9-10-11-12-13-14-16-18-32-21-27-35(28-22-32)38(36-29-23-33(37-3)24-30-36)34-25-19-31(20-26-34)17-15-7-5-2/h19-30H,4-18H2,1-2H3/q+1. The van der Waals surface area contributed by atoms with Crippen molar-refractivity contribution in [3.63, 3.8) is 0 Å². The molecule has 0 saturated heterocycles. The van der Waals surface area contributed by atoms with E-state index in [0.717, 1.165) is 6.42 Å². The highest BCUT2D eigenvalue weighted by Gasteiger charge is 2.28. The van der Waals surface area contributed by atoms with Crippen LogP contribution in [0.25, 0.3) is 4.85 Å². The van der Waals surface area contributed by atoms with Crippen LogP contribution in [-0.4, -0.2) is 0 Å². The molecule has 0 bridgehead atoms. The van der Waals surface area contributed by atoms with Gasteiger partial charge in [-0.1, -0.05) is 121 Å². The smallest absolute Gasteiger partial charge is 0.187 e. The summed E-state index contributed by atoms with van der Waals surface area (Å²) in [5.74, 6) is 0. The summed E-state index contributed by atoms with van der Waals surface area (Å²) in [6.45, 7) is 11.9. The number of unbranched alkanes of at least 4 members (excludes halogenated alkanes) is 11. The van der Waals surface area contributed by atoms with Crippen LogP contribution in [0.4, 0.5) is 5.69 Å². The van der Waals surface area contributed by atoms with Gasteiger partial charge in [-0.2, -0.15) is 0 Å². The van der Waals surface area contributed by atoms with E-state index in [1.165, 1.54) is 116 Å². The maximum atomic E-state index is 7.33. The molecule has 0 spiro atoms. The fourth-order valence-electron chi connectivity index (χ4n) is 5.05. The lowest BCUT2D eigenvalue weighted by molar-refractivity contribution is 0.556. The lowest BCUT2D eigenvalue weighted by Crippen LogP contribution is -2.05. The van der Waals surface area contributed by atoms with Crippen LogP contribution < -0.4 is 0 Å². The van der Waals surface area contributed by atoms with Gasteiger partial charge in [0.25, 0.3) is 0 Å². The van der Waals surface area contributed by atoms with Crippen molar-refractivity contribution in [2.24, 2.45) is 0 Å². The van der Waals surface area contributed by atoms with Crippen molar-refractivity contribution in [1.82, 2.24) is 0 Å². The number of benzene rings is 3. The zero-order valence-electron chi connectivity index (χ0n) is 23.9. The van der Waals surface area contributed by atoms with Gasteiger partial charge in [0, 0.05) is 0 Å². The Labute approximate surface area is 236 Å². The SMILES string of the molecule is [C-]#[N+]c1ccc([S+](c2ccc(CCCCC)cc2)c2ccc(CCCCCCCCCCCC)cc2)cc1. The Morgan fingerprint density at radius 3 is 1.24 bits per heavy atom. The monoisotopic (exact) mass is 526 g/mol. The molecule has 3 aromatic carbocycles. The Balaban J connectivity index is 1.59. The average molecular weight is 527 g/mol. The van der Waals surface area contributed by atoms with E-state index in [9.17, 15) is 0 Å². The number of hydrogen-bond acceptors (Lipinski definition) is 0. The Morgan fingerprint density at radius 1 is 0.474 bits per heavy atom. The third-order valence-electron chi connectivity index (χ3n) is 7.41. The van der Waals surface area contributed by atoms with Gasteiger partial charge in [0.15, 0.2) is 20.4 Å². The largest absolute Gasteiger partial charge is 0.238 e. The van der Waals surface area contributed by atoms with Gasteiger partial charge in [0.2, 0.25) is 0 Å². The predicted molar refractivity (Wildman–Crippen MR) is 167 cm³/mol. The maximum Gasteiger partial charge on any atom is 0.187 e. The fraction of sp³-hybridized carbons (Fsp3) is 0.472. The molecule has 0 heterocycles. The molecule has 0 fully saturated rings. The summed E-state index contributed by atoms with van der Waals surface area (Å²) >= 11 is 0. The molecule has 1 nitrogen and oxygen atoms in total. The number of rotatable bonds is 18. The van der Waals surface area contributed by atoms with Crippen LogP contribution in [0.5, 0.6) is 0 Å². The normalized spacial score (nSPS) is 11.8. The zero-order valence-corrected chi connectivity index (χ0v) is 24.7. The van der Waals surface area contributed by atoms with Crippen LogP contribution in [0.2, 0.25) is 0 Å². The minimum absolute atomic E-state index is 0.166. The fourth-order valence-corrected chi connectivity index (χ4v) is 7.09. The molecule has 0 aromatic heterocycles. The highest BCUT2D eigenvalue weighted by atomic mass is 32.2. The van der Waals surface area contributed by atoms with Crippen molar-refractivity contribution in [1.29, 1.82) is 0 Å². The molecule has 2 heteroatoms. The van der Waals surface area contributed by atoms with E-state index in [1.54, 1.807) is 0 Å². The van der Waals surface area contributed by atoms with E-state index in [-0.39, 0.29) is 10.9 Å². The second kappa shape index (κ2) is 17.9. The lowest BCUT2D eigenvalue weighted by Gasteiger charge is -2.10. The third kappa shape index (κ3) is 10.3. The van der Waals surface area contributed by atoms with Gasteiger partial charge in [-0.15, -0.1) is 0 Å². The average Bonchev–Trinajstić information content (AvgIpc) is 2.96. The first-order valence-electron chi connectivity index (χ1n) is 15.1. The van der Waals surface area contributed by atoms with Gasteiger partial charge in [0.1, 0.15) is 0 Å². The second-order valence-corrected chi connectivity index (χ2v) is 12.6. The molecule has 202 valence electrons. The summed E-state index contributed by atoms with van der Waals surface area (Å²) in [5, 5.41) is 0. The number of aryl methyl sites for hydroxylation is 2. The number of nitrogens with zero attached hydrogens (tertiary/aromatic N) is 1. The molecule has 38 heavy (non-hydrogen) atoms. The molecule has 0 amide bonds. The Kier molecular flexibility index (Phi) is 14.2. The predicted octanol–water partition coefficient (Wildman–Crippen LogP) is 11.5. The van der Waals surface area contributed by atoms with E-state index >= 15 is 0 Å². The Morgan fingerprint density at radius 2 is 0.816 bits per heavy atom. The summed E-state index contributed by atoms with van der Waals surface area (Å²) in [6.07, 6.45) is 20.0. The number of hydrogen-bond donors (Lipinski definition) is 0. The van der Waals surface area contributed by atoms with Crippen molar-refractivity contribution in [2.45, 2.75) is 125 Å². The maximum absolute atomic E-state index is 7.33. The van der Waals surface area contributed by atoms with Crippen LogP contribution in [0.15, 0.2) is 87.5 Å². The van der Waals surface area contributed by atoms with E-state index in [4.69, 9.17) is 6.57 Å². The van der Waals surface area contributed by atoms with Crippen LogP contribution in [0.3, 0.4) is 0 Å². The van der Waals surface area contributed by atoms with E-state index in [0.29, 0.717) is 5.69 Å². The Bertz CT molecular complexity index is 1060. The van der Waals surface area contributed by atoms with Gasteiger partial charge in [-0.25, -0.2) is 4.85 Å².